The summed E-state index contributed by atoms with van der Waals surface area (Å²) in [4.78, 5) is 30.4. The molecule has 2 aliphatic rings. The molecule has 1 fully saturated rings. The Kier molecular flexibility index (Phi) is 12.2. The van der Waals surface area contributed by atoms with E-state index in [0.717, 1.165) is 17.9 Å². The molecule has 0 bridgehead atoms. The molecular weight excluding hydrogens is 544 g/mol. The van der Waals surface area contributed by atoms with Crippen molar-refractivity contribution in [2.24, 2.45) is 16.5 Å². The van der Waals surface area contributed by atoms with Gasteiger partial charge in [0.15, 0.2) is 17.5 Å². The second-order valence-electron chi connectivity index (χ2n) is 10.5. The van der Waals surface area contributed by atoms with Crippen molar-refractivity contribution in [2.75, 3.05) is 39.4 Å². The van der Waals surface area contributed by atoms with Gasteiger partial charge in [-0.1, -0.05) is 72.8 Å². The van der Waals surface area contributed by atoms with E-state index in [1.807, 2.05) is 65.6 Å². The van der Waals surface area contributed by atoms with Crippen molar-refractivity contribution < 1.29 is 19.1 Å². The number of aliphatic imine (C=N–C) groups is 1. The maximum absolute atomic E-state index is 13.6. The third-order valence-electron chi connectivity index (χ3n) is 7.44. The second kappa shape index (κ2) is 16.8. The number of carbonyl (C=O) groups is 2. The number of para-hydroxylation sites is 2. The SMILES string of the molecule is NC(N)=NCCCC1NC(CNC=O)CCN(CC(c2ccccc2)c2ccccc2)C1=O.c1ccc2c(c1)OCCO2. The fraction of sp³-hybridized carbons (Fsp3) is 0.364. The molecule has 2 amide bonds. The first-order chi connectivity index (χ1) is 21.0. The summed E-state index contributed by atoms with van der Waals surface area (Å²) in [5.74, 6) is 1.91. The number of nitrogens with two attached hydrogens (primary N) is 2. The van der Waals surface area contributed by atoms with Crippen LogP contribution in [0.5, 0.6) is 11.5 Å². The fourth-order valence-electron chi connectivity index (χ4n) is 5.31. The Labute approximate surface area is 253 Å². The van der Waals surface area contributed by atoms with Gasteiger partial charge in [-0.2, -0.15) is 0 Å². The lowest BCUT2D eigenvalue weighted by Gasteiger charge is -2.29. The van der Waals surface area contributed by atoms with Crippen LogP contribution in [-0.4, -0.2) is 74.7 Å². The van der Waals surface area contributed by atoms with Crippen LogP contribution in [0.25, 0.3) is 0 Å². The van der Waals surface area contributed by atoms with E-state index in [4.69, 9.17) is 20.9 Å². The van der Waals surface area contributed by atoms with Crippen LogP contribution in [0.2, 0.25) is 0 Å². The standard InChI is InChI=1S/C25H34N6O2.C8H8O2/c26-25(27)29-14-7-12-23-24(33)31(15-13-21(30-23)16-28-18-32)17-22(19-8-3-1-4-9-19)20-10-5-2-6-11-20;1-2-4-8-7(3-1)9-5-6-10-8/h1-6,8-11,18,21-23,30H,7,12-17H2,(H,28,32)(H4,26,27,29);1-4H,5-6H2. The van der Waals surface area contributed by atoms with Gasteiger partial charge in [0.2, 0.25) is 12.3 Å². The Morgan fingerprint density at radius 3 is 2.09 bits per heavy atom. The summed E-state index contributed by atoms with van der Waals surface area (Å²) in [6, 6.07) is 28.0. The minimum Gasteiger partial charge on any atom is -0.486 e. The summed E-state index contributed by atoms with van der Waals surface area (Å²) < 4.78 is 10.6. The number of nitrogens with zero attached hydrogens (tertiary/aromatic N) is 2. The van der Waals surface area contributed by atoms with Crippen molar-refractivity contribution in [1.29, 1.82) is 0 Å². The molecule has 0 aliphatic carbocycles. The third kappa shape index (κ3) is 9.75. The van der Waals surface area contributed by atoms with Gasteiger partial charge >= 0.3 is 0 Å². The Morgan fingerprint density at radius 1 is 0.953 bits per heavy atom. The average Bonchev–Trinajstić information content (AvgIpc) is 3.19. The number of hydrogen-bond acceptors (Lipinski definition) is 6. The summed E-state index contributed by atoms with van der Waals surface area (Å²) in [5, 5.41) is 6.19. The van der Waals surface area contributed by atoms with Crippen molar-refractivity contribution in [3.8, 4) is 11.5 Å². The highest BCUT2D eigenvalue weighted by molar-refractivity contribution is 5.82. The maximum Gasteiger partial charge on any atom is 0.239 e. The van der Waals surface area contributed by atoms with Gasteiger partial charge in [0, 0.05) is 38.1 Å². The van der Waals surface area contributed by atoms with Crippen molar-refractivity contribution in [3.05, 3.63) is 96.1 Å². The van der Waals surface area contributed by atoms with E-state index in [1.165, 1.54) is 11.1 Å². The first-order valence-corrected chi connectivity index (χ1v) is 14.8. The number of rotatable bonds is 11. The number of fused-ring (bicyclic) bond motifs is 1. The third-order valence-corrected chi connectivity index (χ3v) is 7.44. The summed E-state index contributed by atoms with van der Waals surface area (Å²) in [6.07, 6.45) is 2.75. The zero-order valence-corrected chi connectivity index (χ0v) is 24.4. The Morgan fingerprint density at radius 2 is 1.53 bits per heavy atom. The zero-order valence-electron chi connectivity index (χ0n) is 24.4. The summed E-state index contributed by atoms with van der Waals surface area (Å²) in [5.41, 5.74) is 13.2. The van der Waals surface area contributed by atoms with Gasteiger partial charge in [-0.05, 0) is 42.5 Å². The molecule has 2 heterocycles. The van der Waals surface area contributed by atoms with E-state index in [0.29, 0.717) is 58.6 Å². The lowest BCUT2D eigenvalue weighted by atomic mass is 9.90. The van der Waals surface area contributed by atoms with Gasteiger partial charge in [-0.15, -0.1) is 0 Å². The number of ether oxygens (including phenoxy) is 2. The largest absolute Gasteiger partial charge is 0.486 e. The topological polar surface area (TPSA) is 144 Å². The first-order valence-electron chi connectivity index (χ1n) is 14.8. The normalized spacial score (nSPS) is 17.7. The Balaban J connectivity index is 0.000000353. The number of benzene rings is 3. The molecule has 0 saturated carbocycles. The summed E-state index contributed by atoms with van der Waals surface area (Å²) in [7, 11) is 0. The molecule has 5 rings (SSSR count). The quantitative estimate of drug-likeness (QED) is 0.117. The van der Waals surface area contributed by atoms with E-state index in [9.17, 15) is 9.59 Å². The smallest absolute Gasteiger partial charge is 0.239 e. The average molecular weight is 587 g/mol. The lowest BCUT2D eigenvalue weighted by molar-refractivity contribution is -0.133. The molecule has 3 aromatic rings. The number of carbonyl (C=O) groups excluding carboxylic acids is 2. The molecule has 0 aromatic heterocycles. The number of amides is 2. The van der Waals surface area contributed by atoms with Crippen molar-refractivity contribution in [1.82, 2.24) is 15.5 Å². The molecule has 228 valence electrons. The van der Waals surface area contributed by atoms with Gasteiger partial charge in [0.25, 0.3) is 0 Å². The number of nitrogens with one attached hydrogen (secondary N) is 2. The second-order valence-corrected chi connectivity index (χ2v) is 10.5. The van der Waals surface area contributed by atoms with Gasteiger partial charge in [-0.3, -0.25) is 14.6 Å². The molecule has 0 radical (unpaired) electrons. The predicted molar refractivity (Wildman–Crippen MR) is 168 cm³/mol. The van der Waals surface area contributed by atoms with Gasteiger partial charge in [-0.25, -0.2) is 0 Å². The van der Waals surface area contributed by atoms with Crippen LogP contribution in [0.15, 0.2) is 89.9 Å². The molecule has 1 saturated heterocycles. The monoisotopic (exact) mass is 586 g/mol. The fourth-order valence-corrected chi connectivity index (χ4v) is 5.31. The lowest BCUT2D eigenvalue weighted by Crippen LogP contribution is -2.48. The van der Waals surface area contributed by atoms with Crippen LogP contribution in [-0.2, 0) is 9.59 Å². The molecule has 0 spiro atoms. The number of guanidine groups is 1. The van der Waals surface area contributed by atoms with E-state index in [1.54, 1.807) is 0 Å². The molecule has 10 nitrogen and oxygen atoms in total. The van der Waals surface area contributed by atoms with Crippen LogP contribution in [0, 0.1) is 0 Å². The van der Waals surface area contributed by atoms with Crippen LogP contribution >= 0.6 is 0 Å². The highest BCUT2D eigenvalue weighted by Crippen LogP contribution is 2.29. The van der Waals surface area contributed by atoms with E-state index in [2.05, 4.69) is 39.9 Å². The minimum atomic E-state index is -0.354. The van der Waals surface area contributed by atoms with Crippen LogP contribution < -0.4 is 31.6 Å². The van der Waals surface area contributed by atoms with Gasteiger partial charge < -0.3 is 36.5 Å². The van der Waals surface area contributed by atoms with Crippen molar-refractivity contribution >= 4 is 18.3 Å². The van der Waals surface area contributed by atoms with E-state index >= 15 is 0 Å². The maximum atomic E-state index is 13.6. The minimum absolute atomic E-state index is 0.0177. The first kappa shape index (κ1) is 31.4. The zero-order chi connectivity index (χ0) is 30.3. The van der Waals surface area contributed by atoms with Crippen LogP contribution in [0.4, 0.5) is 0 Å². The van der Waals surface area contributed by atoms with Gasteiger partial charge in [0.05, 0.1) is 6.04 Å². The van der Waals surface area contributed by atoms with E-state index < -0.39 is 0 Å². The molecule has 43 heavy (non-hydrogen) atoms. The molecule has 3 aromatic carbocycles. The molecule has 2 unspecified atom stereocenters. The van der Waals surface area contributed by atoms with Crippen molar-refractivity contribution in [2.45, 2.75) is 37.3 Å². The van der Waals surface area contributed by atoms with Crippen molar-refractivity contribution in [3.63, 3.8) is 0 Å². The number of hydrogen-bond donors (Lipinski definition) is 4. The molecule has 6 N–H and O–H groups in total. The highest BCUT2D eigenvalue weighted by Gasteiger charge is 2.32. The highest BCUT2D eigenvalue weighted by atomic mass is 16.6. The predicted octanol–water partition coefficient (Wildman–Crippen LogP) is 2.64. The summed E-state index contributed by atoms with van der Waals surface area (Å²) in [6.45, 7) is 3.50. The molecule has 10 heteroatoms. The summed E-state index contributed by atoms with van der Waals surface area (Å²) >= 11 is 0. The Bertz CT molecular complexity index is 1240. The van der Waals surface area contributed by atoms with Gasteiger partial charge in [0.1, 0.15) is 13.2 Å². The molecule has 2 atom stereocenters. The molecular formula is C33H42N6O4. The van der Waals surface area contributed by atoms with E-state index in [-0.39, 0.29) is 29.9 Å². The molecule has 2 aliphatic heterocycles. The Hall–Kier alpha value is -4.57. The van der Waals surface area contributed by atoms with Crippen LogP contribution in [0.1, 0.15) is 36.3 Å². The van der Waals surface area contributed by atoms with Crippen LogP contribution in [0.3, 0.4) is 0 Å².